The first-order valence-corrected chi connectivity index (χ1v) is 6.03. The van der Waals surface area contributed by atoms with E-state index in [0.717, 1.165) is 20.7 Å². The van der Waals surface area contributed by atoms with Crippen molar-refractivity contribution in [2.24, 2.45) is 0 Å². The molecule has 0 aliphatic rings. The number of pyridine rings is 1. The highest BCUT2D eigenvalue weighted by molar-refractivity contribution is 14.1. The zero-order valence-electron chi connectivity index (χ0n) is 9.09. The molecule has 0 saturated carbocycles. The van der Waals surface area contributed by atoms with Gasteiger partial charge in [-0.3, -0.25) is 14.5 Å². The van der Waals surface area contributed by atoms with Crippen LogP contribution in [0.15, 0.2) is 24.4 Å². The van der Waals surface area contributed by atoms with Gasteiger partial charge in [-0.25, -0.2) is 0 Å². The molecule has 1 N–H and O–H groups in total. The van der Waals surface area contributed by atoms with Crippen LogP contribution in [-0.2, 0) is 11.3 Å². The summed E-state index contributed by atoms with van der Waals surface area (Å²) in [6.07, 6.45) is 1.69. The number of aromatic nitrogens is 3. The molecule has 0 spiro atoms. The Kier molecular flexibility index (Phi) is 3.41. The lowest BCUT2D eigenvalue weighted by Crippen LogP contribution is -2.11. The Morgan fingerprint density at radius 1 is 1.53 bits per heavy atom. The lowest BCUT2D eigenvalue weighted by Gasteiger charge is -1.98. The quantitative estimate of drug-likeness (QED) is 0.865. The van der Waals surface area contributed by atoms with Gasteiger partial charge in [-0.15, -0.1) is 0 Å². The first-order chi connectivity index (χ1) is 8.09. The van der Waals surface area contributed by atoms with Gasteiger partial charge in [-0.05, 0) is 41.6 Å². The van der Waals surface area contributed by atoms with Crippen molar-refractivity contribution in [1.29, 1.82) is 0 Å². The molecule has 0 atom stereocenters. The van der Waals surface area contributed by atoms with E-state index >= 15 is 0 Å². The number of carbonyl (C=O) groups is 1. The van der Waals surface area contributed by atoms with Crippen LogP contribution in [0.25, 0.3) is 11.4 Å². The molecule has 0 amide bonds. The van der Waals surface area contributed by atoms with Crippen molar-refractivity contribution in [2.75, 3.05) is 0 Å². The first-order valence-electron chi connectivity index (χ1n) is 4.95. The van der Waals surface area contributed by atoms with Gasteiger partial charge in [0.15, 0.2) is 0 Å². The molecular formula is C11H10IN3O2. The van der Waals surface area contributed by atoms with E-state index in [1.807, 2.05) is 25.1 Å². The van der Waals surface area contributed by atoms with Gasteiger partial charge in [0.1, 0.15) is 12.2 Å². The maximum Gasteiger partial charge on any atom is 0.325 e. The highest BCUT2D eigenvalue weighted by atomic mass is 127. The molecule has 0 saturated heterocycles. The van der Waals surface area contributed by atoms with Crippen LogP contribution in [0.3, 0.4) is 0 Å². The molecule has 0 bridgehead atoms. The van der Waals surface area contributed by atoms with E-state index in [0.29, 0.717) is 0 Å². The van der Waals surface area contributed by atoms with Crippen molar-refractivity contribution < 1.29 is 9.90 Å². The summed E-state index contributed by atoms with van der Waals surface area (Å²) >= 11 is 2.16. The number of rotatable bonds is 3. The van der Waals surface area contributed by atoms with E-state index in [9.17, 15) is 4.79 Å². The topological polar surface area (TPSA) is 68.0 Å². The van der Waals surface area contributed by atoms with E-state index in [2.05, 4.69) is 32.7 Å². The number of hydrogen-bond acceptors (Lipinski definition) is 3. The fourth-order valence-corrected chi connectivity index (χ4v) is 2.14. The van der Waals surface area contributed by atoms with Crippen LogP contribution in [0.4, 0.5) is 0 Å². The molecule has 2 heterocycles. The van der Waals surface area contributed by atoms with E-state index in [1.165, 1.54) is 4.68 Å². The molecule has 6 heteroatoms. The van der Waals surface area contributed by atoms with Crippen molar-refractivity contribution >= 4 is 28.6 Å². The van der Waals surface area contributed by atoms with Crippen molar-refractivity contribution in [1.82, 2.24) is 14.8 Å². The summed E-state index contributed by atoms with van der Waals surface area (Å²) in [4.78, 5) is 14.9. The average molecular weight is 343 g/mol. The van der Waals surface area contributed by atoms with Crippen LogP contribution < -0.4 is 0 Å². The van der Waals surface area contributed by atoms with Crippen molar-refractivity contribution in [3.8, 4) is 11.4 Å². The summed E-state index contributed by atoms with van der Waals surface area (Å²) in [5.41, 5.74) is 2.32. The molecule has 88 valence electrons. The molecule has 0 fully saturated rings. The Labute approximate surface area is 112 Å². The lowest BCUT2D eigenvalue weighted by atomic mass is 10.2. The number of carboxylic acids is 1. The van der Waals surface area contributed by atoms with Gasteiger partial charge >= 0.3 is 5.97 Å². The summed E-state index contributed by atoms with van der Waals surface area (Å²) in [7, 11) is 0. The minimum Gasteiger partial charge on any atom is -0.480 e. The monoisotopic (exact) mass is 343 g/mol. The normalized spacial score (nSPS) is 10.5. The van der Waals surface area contributed by atoms with Crippen molar-refractivity contribution in [3.63, 3.8) is 0 Å². The summed E-state index contributed by atoms with van der Waals surface area (Å²) < 4.78 is 2.41. The van der Waals surface area contributed by atoms with Gasteiger partial charge in [-0.1, -0.05) is 6.07 Å². The van der Waals surface area contributed by atoms with Crippen LogP contribution >= 0.6 is 22.6 Å². The van der Waals surface area contributed by atoms with Crippen LogP contribution in [0.2, 0.25) is 0 Å². The molecular weight excluding hydrogens is 333 g/mol. The fraction of sp³-hybridized carbons (Fsp3) is 0.182. The number of aliphatic carboxylic acids is 1. The zero-order chi connectivity index (χ0) is 12.4. The molecule has 2 aromatic rings. The van der Waals surface area contributed by atoms with Gasteiger partial charge in [0.2, 0.25) is 0 Å². The second-order valence-corrected chi connectivity index (χ2v) is 4.59. The van der Waals surface area contributed by atoms with Crippen molar-refractivity contribution in [3.05, 3.63) is 33.7 Å². The molecule has 0 aromatic carbocycles. The highest BCUT2D eigenvalue weighted by Gasteiger charge is 2.15. The predicted octanol–water partition coefficient (Wildman–Crippen LogP) is 1.94. The highest BCUT2D eigenvalue weighted by Crippen LogP contribution is 2.24. The standard InChI is InChI=1S/C11H10IN3O2/c1-7-10(12)11(8-4-2-3-5-13-8)14-15(7)6-9(16)17/h2-5H,6H2,1H3,(H,16,17). The van der Waals surface area contributed by atoms with Gasteiger partial charge < -0.3 is 5.11 Å². The third-order valence-electron chi connectivity index (χ3n) is 2.33. The predicted molar refractivity (Wildman–Crippen MR) is 70.5 cm³/mol. The van der Waals surface area contributed by atoms with Gasteiger partial charge in [0.05, 0.1) is 15.0 Å². The molecule has 5 nitrogen and oxygen atoms in total. The van der Waals surface area contributed by atoms with Gasteiger partial charge in [-0.2, -0.15) is 5.10 Å². The Hall–Kier alpha value is -1.44. The molecule has 0 radical (unpaired) electrons. The van der Waals surface area contributed by atoms with E-state index in [4.69, 9.17) is 5.11 Å². The lowest BCUT2D eigenvalue weighted by molar-refractivity contribution is -0.137. The second kappa shape index (κ2) is 4.82. The number of nitrogens with zero attached hydrogens (tertiary/aromatic N) is 3. The minimum absolute atomic E-state index is 0.130. The zero-order valence-corrected chi connectivity index (χ0v) is 11.2. The SMILES string of the molecule is Cc1c(I)c(-c2ccccn2)nn1CC(=O)O. The Balaban J connectivity index is 2.46. The van der Waals surface area contributed by atoms with Gasteiger partial charge in [0.25, 0.3) is 0 Å². The average Bonchev–Trinajstić information content (AvgIpc) is 2.58. The van der Waals surface area contributed by atoms with E-state index in [-0.39, 0.29) is 6.54 Å². The molecule has 0 aliphatic carbocycles. The van der Waals surface area contributed by atoms with Crippen LogP contribution in [0.5, 0.6) is 0 Å². The van der Waals surface area contributed by atoms with E-state index < -0.39 is 5.97 Å². The first kappa shape index (κ1) is 12.0. The van der Waals surface area contributed by atoms with E-state index in [1.54, 1.807) is 6.20 Å². The fourth-order valence-electron chi connectivity index (χ4n) is 1.47. The molecule has 2 aromatic heterocycles. The summed E-state index contributed by atoms with van der Waals surface area (Å²) in [6, 6.07) is 5.57. The maximum atomic E-state index is 10.7. The third kappa shape index (κ3) is 2.46. The minimum atomic E-state index is -0.903. The second-order valence-electron chi connectivity index (χ2n) is 3.51. The smallest absolute Gasteiger partial charge is 0.325 e. The van der Waals surface area contributed by atoms with Crippen LogP contribution in [0, 0.1) is 10.5 Å². The molecule has 2 rings (SSSR count). The number of carboxylic acid groups (broad SMARTS) is 1. The Morgan fingerprint density at radius 3 is 2.88 bits per heavy atom. The molecule has 0 aliphatic heterocycles. The molecule has 0 unspecified atom stereocenters. The summed E-state index contributed by atoms with van der Waals surface area (Å²) in [6.45, 7) is 1.72. The largest absolute Gasteiger partial charge is 0.480 e. The molecule has 17 heavy (non-hydrogen) atoms. The number of halogens is 1. The summed E-state index contributed by atoms with van der Waals surface area (Å²) in [5.74, 6) is -0.903. The summed E-state index contributed by atoms with van der Waals surface area (Å²) in [5, 5.41) is 13.1. The third-order valence-corrected chi connectivity index (χ3v) is 3.62. The van der Waals surface area contributed by atoms with Gasteiger partial charge in [0, 0.05) is 6.20 Å². The Morgan fingerprint density at radius 2 is 2.29 bits per heavy atom. The van der Waals surface area contributed by atoms with Crippen LogP contribution in [0.1, 0.15) is 5.69 Å². The maximum absolute atomic E-state index is 10.7. The Bertz CT molecular complexity index is 551. The van der Waals surface area contributed by atoms with Crippen LogP contribution in [-0.4, -0.2) is 25.8 Å². The van der Waals surface area contributed by atoms with Crippen molar-refractivity contribution in [2.45, 2.75) is 13.5 Å². The number of hydrogen-bond donors (Lipinski definition) is 1.